The molecule has 0 radical (unpaired) electrons. The minimum absolute atomic E-state index is 0.0900. The van der Waals surface area contributed by atoms with Crippen LogP contribution in [0.5, 0.6) is 0 Å². The van der Waals surface area contributed by atoms with Crippen LogP contribution in [0.25, 0.3) is 0 Å². The molecule has 0 amide bonds. The Morgan fingerprint density at radius 1 is 1.29 bits per heavy atom. The molecular formula is C13H18O3S. The van der Waals surface area contributed by atoms with Crippen molar-refractivity contribution < 1.29 is 12.6 Å². The minimum atomic E-state index is -3.67. The van der Waals surface area contributed by atoms with Gasteiger partial charge in [-0.1, -0.05) is 37.6 Å². The molecule has 3 nitrogen and oxygen atoms in total. The molecule has 0 unspecified atom stereocenters. The van der Waals surface area contributed by atoms with Crippen LogP contribution in [0.4, 0.5) is 0 Å². The highest BCUT2D eigenvalue weighted by Gasteiger charge is 2.20. The van der Waals surface area contributed by atoms with E-state index in [9.17, 15) is 8.42 Å². The number of hydrogen-bond acceptors (Lipinski definition) is 3. The van der Waals surface area contributed by atoms with Gasteiger partial charge in [0.15, 0.2) is 0 Å². The van der Waals surface area contributed by atoms with Crippen molar-refractivity contribution in [3.8, 4) is 0 Å². The van der Waals surface area contributed by atoms with Crippen LogP contribution >= 0.6 is 0 Å². The summed E-state index contributed by atoms with van der Waals surface area (Å²) < 4.78 is 28.7. The van der Waals surface area contributed by atoms with Crippen LogP contribution in [0.1, 0.15) is 19.4 Å². The second-order valence-electron chi connectivity index (χ2n) is 4.72. The normalized spacial score (nSPS) is 12.4. The van der Waals surface area contributed by atoms with Gasteiger partial charge in [0, 0.05) is 5.41 Å². The lowest BCUT2D eigenvalue weighted by molar-refractivity contribution is 0.227. The summed E-state index contributed by atoms with van der Waals surface area (Å²) in [6.45, 7) is 9.36. The van der Waals surface area contributed by atoms with Crippen molar-refractivity contribution in [3.63, 3.8) is 0 Å². The van der Waals surface area contributed by atoms with Crippen molar-refractivity contribution >= 4 is 10.1 Å². The molecule has 0 saturated heterocycles. The molecule has 94 valence electrons. The molecule has 4 heteroatoms. The Kier molecular flexibility index (Phi) is 4.11. The van der Waals surface area contributed by atoms with Crippen LogP contribution in [0, 0.1) is 12.3 Å². The van der Waals surface area contributed by atoms with Crippen LogP contribution < -0.4 is 0 Å². The highest BCUT2D eigenvalue weighted by atomic mass is 32.2. The van der Waals surface area contributed by atoms with E-state index in [1.54, 1.807) is 30.3 Å². The van der Waals surface area contributed by atoms with Crippen LogP contribution in [0.2, 0.25) is 0 Å². The Bertz CT molecular complexity index is 484. The Morgan fingerprint density at radius 2 is 1.82 bits per heavy atom. The van der Waals surface area contributed by atoms with Crippen LogP contribution in [-0.4, -0.2) is 15.0 Å². The number of aryl methyl sites for hydroxylation is 1. The van der Waals surface area contributed by atoms with Gasteiger partial charge in [0.05, 0.1) is 11.5 Å². The Hall–Kier alpha value is -1.13. The van der Waals surface area contributed by atoms with E-state index in [0.29, 0.717) is 0 Å². The summed E-state index contributed by atoms with van der Waals surface area (Å²) >= 11 is 0. The third kappa shape index (κ3) is 3.98. The van der Waals surface area contributed by atoms with E-state index in [1.807, 2.05) is 20.8 Å². The molecule has 0 atom stereocenters. The van der Waals surface area contributed by atoms with E-state index in [1.165, 1.54) is 0 Å². The zero-order valence-electron chi connectivity index (χ0n) is 10.4. The lowest BCUT2D eigenvalue weighted by atomic mass is 9.96. The molecule has 0 N–H and O–H groups in total. The molecule has 17 heavy (non-hydrogen) atoms. The van der Waals surface area contributed by atoms with E-state index in [0.717, 1.165) is 5.56 Å². The van der Waals surface area contributed by atoms with Gasteiger partial charge in [0.25, 0.3) is 10.1 Å². The van der Waals surface area contributed by atoms with Gasteiger partial charge in [-0.2, -0.15) is 8.42 Å². The fourth-order valence-corrected chi connectivity index (χ4v) is 2.13. The Labute approximate surface area is 103 Å². The first-order valence-corrected chi connectivity index (χ1v) is 6.77. The van der Waals surface area contributed by atoms with Gasteiger partial charge in [0.2, 0.25) is 0 Å². The van der Waals surface area contributed by atoms with Crippen LogP contribution in [0.15, 0.2) is 41.8 Å². The maximum atomic E-state index is 11.8. The summed E-state index contributed by atoms with van der Waals surface area (Å²) in [7, 11) is -3.67. The Balaban J connectivity index is 2.83. The van der Waals surface area contributed by atoms with Crippen LogP contribution in [-0.2, 0) is 14.3 Å². The van der Waals surface area contributed by atoms with E-state index in [-0.39, 0.29) is 16.9 Å². The molecule has 0 spiro atoms. The maximum Gasteiger partial charge on any atom is 0.297 e. The monoisotopic (exact) mass is 254 g/mol. The standard InChI is InChI=1S/C13H18O3S/c1-5-13(3,4)10-16-17(14,15)12-8-6-11(2)7-9-12/h5-9H,1,10H2,2-4H3. The molecule has 0 aromatic heterocycles. The molecule has 0 saturated carbocycles. The first-order chi connectivity index (χ1) is 7.77. The third-order valence-corrected chi connectivity index (χ3v) is 3.73. The molecule has 0 heterocycles. The van der Waals surface area contributed by atoms with Gasteiger partial charge in [-0.15, -0.1) is 6.58 Å². The molecule has 0 aliphatic heterocycles. The first kappa shape index (κ1) is 13.9. The van der Waals surface area contributed by atoms with E-state index >= 15 is 0 Å². The van der Waals surface area contributed by atoms with Crippen LogP contribution in [0.3, 0.4) is 0 Å². The second kappa shape index (κ2) is 5.02. The van der Waals surface area contributed by atoms with Crippen molar-refractivity contribution in [1.29, 1.82) is 0 Å². The molecule has 0 aliphatic rings. The van der Waals surface area contributed by atoms with Gasteiger partial charge < -0.3 is 0 Å². The number of rotatable bonds is 5. The lowest BCUT2D eigenvalue weighted by Crippen LogP contribution is -2.19. The summed E-state index contributed by atoms with van der Waals surface area (Å²) in [6, 6.07) is 6.58. The van der Waals surface area contributed by atoms with Gasteiger partial charge in [0.1, 0.15) is 0 Å². The summed E-state index contributed by atoms with van der Waals surface area (Å²) in [6.07, 6.45) is 1.68. The fourth-order valence-electron chi connectivity index (χ4n) is 1.06. The zero-order valence-corrected chi connectivity index (χ0v) is 11.3. The summed E-state index contributed by atoms with van der Waals surface area (Å²) in [5.74, 6) is 0. The second-order valence-corrected chi connectivity index (χ2v) is 6.34. The van der Waals surface area contributed by atoms with Crippen molar-refractivity contribution in [3.05, 3.63) is 42.5 Å². The molecule has 1 aromatic rings. The molecular weight excluding hydrogens is 236 g/mol. The average molecular weight is 254 g/mol. The largest absolute Gasteiger partial charge is 0.297 e. The molecule has 0 bridgehead atoms. The van der Waals surface area contributed by atoms with E-state index in [2.05, 4.69) is 6.58 Å². The predicted octanol–water partition coefficient (Wildman–Crippen LogP) is 2.91. The summed E-state index contributed by atoms with van der Waals surface area (Å²) in [5.41, 5.74) is 0.646. The quantitative estimate of drug-likeness (QED) is 0.599. The molecule has 0 aliphatic carbocycles. The van der Waals surface area contributed by atoms with Crippen molar-refractivity contribution in [2.24, 2.45) is 5.41 Å². The fraction of sp³-hybridized carbons (Fsp3) is 0.385. The predicted molar refractivity (Wildman–Crippen MR) is 68.3 cm³/mol. The van der Waals surface area contributed by atoms with Crippen molar-refractivity contribution in [1.82, 2.24) is 0 Å². The SMILES string of the molecule is C=CC(C)(C)COS(=O)(=O)c1ccc(C)cc1. The third-order valence-electron chi connectivity index (χ3n) is 2.45. The van der Waals surface area contributed by atoms with Crippen molar-refractivity contribution in [2.45, 2.75) is 25.7 Å². The van der Waals surface area contributed by atoms with Gasteiger partial charge in [-0.25, -0.2) is 0 Å². The average Bonchev–Trinajstić information content (AvgIpc) is 2.27. The molecule has 1 aromatic carbocycles. The van der Waals surface area contributed by atoms with Gasteiger partial charge in [-0.3, -0.25) is 4.18 Å². The summed E-state index contributed by atoms with van der Waals surface area (Å²) in [5, 5.41) is 0. The van der Waals surface area contributed by atoms with Gasteiger partial charge in [-0.05, 0) is 19.1 Å². The van der Waals surface area contributed by atoms with E-state index in [4.69, 9.17) is 4.18 Å². The number of hydrogen-bond donors (Lipinski definition) is 0. The minimum Gasteiger partial charge on any atom is -0.265 e. The molecule has 0 fully saturated rings. The highest BCUT2D eigenvalue weighted by molar-refractivity contribution is 7.86. The number of benzene rings is 1. The topological polar surface area (TPSA) is 43.4 Å². The maximum absolute atomic E-state index is 11.8. The zero-order chi connectivity index (χ0) is 13.1. The van der Waals surface area contributed by atoms with Gasteiger partial charge >= 0.3 is 0 Å². The van der Waals surface area contributed by atoms with Crippen molar-refractivity contribution in [2.75, 3.05) is 6.61 Å². The highest BCUT2D eigenvalue weighted by Crippen LogP contribution is 2.20. The lowest BCUT2D eigenvalue weighted by Gasteiger charge is -2.18. The smallest absolute Gasteiger partial charge is 0.265 e. The Morgan fingerprint density at radius 3 is 2.29 bits per heavy atom. The first-order valence-electron chi connectivity index (χ1n) is 5.36. The molecule has 1 rings (SSSR count). The summed E-state index contributed by atoms with van der Waals surface area (Å²) in [4.78, 5) is 0.183. The van der Waals surface area contributed by atoms with E-state index < -0.39 is 10.1 Å².